The molecule has 134 valence electrons. The summed E-state index contributed by atoms with van der Waals surface area (Å²) in [5.41, 5.74) is 0.961. The highest BCUT2D eigenvalue weighted by Gasteiger charge is 2.43. The first-order valence-electron chi connectivity index (χ1n) is 7.56. The average Bonchev–Trinajstić information content (AvgIpc) is 2.82. The molecular weight excluding hydrogens is 371 g/mol. The summed E-state index contributed by atoms with van der Waals surface area (Å²) < 4.78 is 0. The quantitative estimate of drug-likeness (QED) is 0.415. The van der Waals surface area contributed by atoms with Crippen LogP contribution in [-0.4, -0.2) is 53.2 Å². The molecule has 2 N–H and O–H groups in total. The molecule has 1 unspecified atom stereocenters. The zero-order valence-corrected chi connectivity index (χ0v) is 14.6. The highest BCUT2D eigenvalue weighted by molar-refractivity contribution is 6.43. The fourth-order valence-corrected chi connectivity index (χ4v) is 2.84. The Morgan fingerprint density at radius 2 is 1.96 bits per heavy atom. The number of rotatable bonds is 7. The number of ketones is 1. The van der Waals surface area contributed by atoms with Gasteiger partial charge in [-0.2, -0.15) is 0 Å². The molecule has 1 fully saturated rings. The van der Waals surface area contributed by atoms with Crippen molar-refractivity contribution in [1.29, 1.82) is 0 Å². The van der Waals surface area contributed by atoms with Gasteiger partial charge >= 0.3 is 5.97 Å². The number of hydrogen-bond acceptors (Lipinski definition) is 4. The Labute approximate surface area is 153 Å². The average molecular weight is 387 g/mol. The monoisotopic (exact) mass is 386 g/mol. The van der Waals surface area contributed by atoms with E-state index in [1.807, 2.05) is 6.07 Å². The van der Waals surface area contributed by atoms with E-state index in [2.05, 4.69) is 5.32 Å². The lowest BCUT2D eigenvalue weighted by Gasteiger charge is -2.12. The number of likely N-dealkylation sites (tertiary alicyclic amines) is 1. The van der Waals surface area contributed by atoms with E-state index in [0.717, 1.165) is 10.5 Å². The highest BCUT2D eigenvalue weighted by atomic mass is 35.5. The number of carboxylic acids is 1. The number of aliphatic carboxylic acids is 1. The molecule has 0 aromatic heterocycles. The number of nitrogens with one attached hydrogen (secondary N) is 1. The first-order chi connectivity index (χ1) is 11.8. The van der Waals surface area contributed by atoms with Crippen molar-refractivity contribution in [2.45, 2.75) is 12.8 Å². The summed E-state index contributed by atoms with van der Waals surface area (Å²) in [6, 6.07) is 5.27. The van der Waals surface area contributed by atoms with Gasteiger partial charge in [0.05, 0.1) is 10.0 Å². The first-order valence-corrected chi connectivity index (χ1v) is 8.31. The van der Waals surface area contributed by atoms with Crippen LogP contribution in [0.5, 0.6) is 0 Å². The third-order valence-corrected chi connectivity index (χ3v) is 4.52. The third kappa shape index (κ3) is 4.93. The van der Waals surface area contributed by atoms with Crippen LogP contribution in [0.25, 0.3) is 0 Å². The molecule has 1 aromatic rings. The molecule has 1 atom stereocenters. The minimum atomic E-state index is -1.23. The van der Waals surface area contributed by atoms with Gasteiger partial charge in [0.15, 0.2) is 0 Å². The molecule has 1 heterocycles. The van der Waals surface area contributed by atoms with E-state index in [1.54, 1.807) is 12.1 Å². The maximum absolute atomic E-state index is 12.0. The summed E-state index contributed by atoms with van der Waals surface area (Å²) in [7, 11) is 0. The van der Waals surface area contributed by atoms with Gasteiger partial charge in [-0.3, -0.25) is 19.2 Å². The standard InChI is InChI=1S/C16H16Cl2N2O5/c17-11-4-3-9(6-12(11)18)2-1-5-19-15(24)10-7-20(8-13(21)22)16(25)14(10)23/h3-4,6,10H,1-2,5,7-8H2,(H,19,24)(H,21,22). The van der Waals surface area contributed by atoms with E-state index in [4.69, 9.17) is 28.3 Å². The summed E-state index contributed by atoms with van der Waals surface area (Å²) >= 11 is 11.8. The largest absolute Gasteiger partial charge is 0.480 e. The molecule has 0 aliphatic carbocycles. The first kappa shape index (κ1) is 19.2. The van der Waals surface area contributed by atoms with Crippen LogP contribution < -0.4 is 5.32 Å². The van der Waals surface area contributed by atoms with E-state index in [9.17, 15) is 19.2 Å². The molecule has 1 saturated heterocycles. The summed E-state index contributed by atoms with van der Waals surface area (Å²) in [6.07, 6.45) is 1.26. The van der Waals surface area contributed by atoms with Crippen molar-refractivity contribution < 1.29 is 24.3 Å². The lowest BCUT2D eigenvalue weighted by molar-refractivity contribution is -0.146. The smallest absolute Gasteiger partial charge is 0.323 e. The minimum Gasteiger partial charge on any atom is -0.480 e. The van der Waals surface area contributed by atoms with Gasteiger partial charge in [-0.15, -0.1) is 0 Å². The number of carboxylic acid groups (broad SMARTS) is 1. The topological polar surface area (TPSA) is 104 Å². The van der Waals surface area contributed by atoms with E-state index in [-0.39, 0.29) is 6.54 Å². The highest BCUT2D eigenvalue weighted by Crippen LogP contribution is 2.23. The van der Waals surface area contributed by atoms with Crippen LogP contribution in [0.1, 0.15) is 12.0 Å². The van der Waals surface area contributed by atoms with Crippen LogP contribution in [0.15, 0.2) is 18.2 Å². The van der Waals surface area contributed by atoms with Gasteiger partial charge in [-0.05, 0) is 30.5 Å². The minimum absolute atomic E-state index is 0.206. The van der Waals surface area contributed by atoms with Crippen LogP contribution >= 0.6 is 23.2 Å². The van der Waals surface area contributed by atoms with Crippen LogP contribution in [-0.2, 0) is 25.6 Å². The summed E-state index contributed by atoms with van der Waals surface area (Å²) in [4.78, 5) is 47.0. The number of carbonyl (C=O) groups excluding carboxylic acids is 3. The molecule has 2 amide bonds. The number of halogens is 2. The molecule has 25 heavy (non-hydrogen) atoms. The Kier molecular flexibility index (Phi) is 6.39. The number of hydrogen-bond donors (Lipinski definition) is 2. The van der Waals surface area contributed by atoms with Gasteiger partial charge in [0, 0.05) is 13.1 Å². The third-order valence-electron chi connectivity index (χ3n) is 3.79. The van der Waals surface area contributed by atoms with Crippen LogP contribution in [0.2, 0.25) is 10.0 Å². The molecule has 0 radical (unpaired) electrons. The predicted molar refractivity (Wildman–Crippen MR) is 90.5 cm³/mol. The Bertz CT molecular complexity index is 722. The van der Waals surface area contributed by atoms with Crippen molar-refractivity contribution in [3.05, 3.63) is 33.8 Å². The van der Waals surface area contributed by atoms with Crippen LogP contribution in [0, 0.1) is 5.92 Å². The second-order valence-electron chi connectivity index (χ2n) is 5.64. The lowest BCUT2D eigenvalue weighted by Crippen LogP contribution is -2.36. The van der Waals surface area contributed by atoms with Crippen molar-refractivity contribution in [2.75, 3.05) is 19.6 Å². The second-order valence-corrected chi connectivity index (χ2v) is 6.45. The van der Waals surface area contributed by atoms with Crippen LogP contribution in [0.3, 0.4) is 0 Å². The summed E-state index contributed by atoms with van der Waals surface area (Å²) in [6.45, 7) is -0.482. The van der Waals surface area contributed by atoms with Gasteiger partial charge in [0.1, 0.15) is 12.5 Å². The fraction of sp³-hybridized carbons (Fsp3) is 0.375. The fourth-order valence-electron chi connectivity index (χ4n) is 2.52. The van der Waals surface area contributed by atoms with Gasteiger partial charge < -0.3 is 15.3 Å². The van der Waals surface area contributed by atoms with E-state index in [0.29, 0.717) is 29.4 Å². The number of amides is 2. The Morgan fingerprint density at radius 3 is 2.60 bits per heavy atom. The number of nitrogens with zero attached hydrogens (tertiary/aromatic N) is 1. The number of aryl methyl sites for hydroxylation is 1. The Balaban J connectivity index is 1.80. The molecule has 2 rings (SSSR count). The zero-order valence-electron chi connectivity index (χ0n) is 13.1. The van der Waals surface area contributed by atoms with Crippen molar-refractivity contribution in [2.24, 2.45) is 5.92 Å². The van der Waals surface area contributed by atoms with E-state index < -0.39 is 36.0 Å². The van der Waals surface area contributed by atoms with Crippen molar-refractivity contribution in [3.63, 3.8) is 0 Å². The molecule has 0 spiro atoms. The zero-order chi connectivity index (χ0) is 18.6. The van der Waals surface area contributed by atoms with E-state index in [1.165, 1.54) is 0 Å². The maximum atomic E-state index is 12.0. The number of Topliss-reactive ketones (excluding diaryl/α,β-unsaturated/α-hetero) is 1. The molecule has 1 aliphatic heterocycles. The Hall–Kier alpha value is -2.12. The molecule has 7 nitrogen and oxygen atoms in total. The number of carbonyl (C=O) groups is 4. The molecule has 1 aliphatic rings. The SMILES string of the molecule is O=C(O)CN1CC(C(=O)NCCCc2ccc(Cl)c(Cl)c2)C(=O)C1=O. The van der Waals surface area contributed by atoms with Gasteiger partial charge in [0.25, 0.3) is 5.91 Å². The van der Waals surface area contributed by atoms with Crippen molar-refractivity contribution in [1.82, 2.24) is 10.2 Å². The molecule has 1 aromatic carbocycles. The van der Waals surface area contributed by atoms with Gasteiger partial charge in [-0.25, -0.2) is 0 Å². The summed E-state index contributed by atoms with van der Waals surface area (Å²) in [5, 5.41) is 12.2. The van der Waals surface area contributed by atoms with Gasteiger partial charge in [0.2, 0.25) is 11.7 Å². The lowest BCUT2D eigenvalue weighted by atomic mass is 10.1. The normalized spacial score (nSPS) is 17.0. The molecule has 0 saturated carbocycles. The Morgan fingerprint density at radius 1 is 1.24 bits per heavy atom. The summed E-state index contributed by atoms with van der Waals surface area (Å²) in [5.74, 6) is -4.76. The van der Waals surface area contributed by atoms with E-state index >= 15 is 0 Å². The van der Waals surface area contributed by atoms with Gasteiger partial charge in [-0.1, -0.05) is 29.3 Å². The van der Waals surface area contributed by atoms with Crippen molar-refractivity contribution >= 4 is 46.8 Å². The number of benzene rings is 1. The molecular formula is C16H16Cl2N2O5. The van der Waals surface area contributed by atoms with Crippen molar-refractivity contribution in [3.8, 4) is 0 Å². The second kappa shape index (κ2) is 8.31. The maximum Gasteiger partial charge on any atom is 0.323 e. The predicted octanol–water partition coefficient (Wildman–Crippen LogP) is 1.15. The van der Waals surface area contributed by atoms with Crippen LogP contribution in [0.4, 0.5) is 0 Å². The molecule has 9 heteroatoms. The molecule has 0 bridgehead atoms.